The minimum atomic E-state index is 0.396. The van der Waals surface area contributed by atoms with Crippen molar-refractivity contribution in [2.75, 3.05) is 13.1 Å². The van der Waals surface area contributed by atoms with Gasteiger partial charge in [0.2, 0.25) is 0 Å². The molecule has 2 saturated heterocycles. The largest absolute Gasteiger partial charge is 0.293 e. The van der Waals surface area contributed by atoms with E-state index in [0.29, 0.717) is 11.0 Å². The molecule has 0 aromatic rings. The second kappa shape index (κ2) is 3.10. The fourth-order valence-corrected chi connectivity index (χ4v) is 3.38. The molecule has 80 valence electrons. The third-order valence-corrected chi connectivity index (χ3v) is 4.23. The quantitative estimate of drug-likeness (QED) is 0.534. The minimum absolute atomic E-state index is 0.396. The third-order valence-electron chi connectivity index (χ3n) is 4.23. The lowest BCUT2D eigenvalue weighted by Gasteiger charge is -2.51. The highest BCUT2D eigenvalue weighted by molar-refractivity contribution is 5.19. The lowest BCUT2D eigenvalue weighted by atomic mass is 9.67. The van der Waals surface area contributed by atoms with Crippen LogP contribution in [0.3, 0.4) is 0 Å². The lowest BCUT2D eigenvalue weighted by Crippen LogP contribution is -2.55. The van der Waals surface area contributed by atoms with Crippen LogP contribution in [0.5, 0.6) is 0 Å². The van der Waals surface area contributed by atoms with E-state index in [0.717, 1.165) is 6.54 Å². The molecule has 2 aliphatic heterocycles. The number of piperidine rings is 1. The van der Waals surface area contributed by atoms with Crippen LogP contribution < -0.4 is 0 Å². The normalized spacial score (nSPS) is 34.6. The van der Waals surface area contributed by atoms with Crippen LogP contribution in [0.15, 0.2) is 12.2 Å². The van der Waals surface area contributed by atoms with Crippen LogP contribution in [0.1, 0.15) is 46.5 Å². The molecule has 0 aromatic heterocycles. The van der Waals surface area contributed by atoms with Gasteiger partial charge in [0.1, 0.15) is 0 Å². The highest BCUT2D eigenvalue weighted by Gasteiger charge is 2.51. The number of fused-ring (bicyclic) bond motifs is 1. The van der Waals surface area contributed by atoms with E-state index >= 15 is 0 Å². The minimum Gasteiger partial charge on any atom is -0.293 e. The highest BCUT2D eigenvalue weighted by atomic mass is 15.2. The van der Waals surface area contributed by atoms with Gasteiger partial charge in [0.15, 0.2) is 0 Å². The Balaban J connectivity index is 2.32. The van der Waals surface area contributed by atoms with Crippen molar-refractivity contribution in [2.45, 2.75) is 52.0 Å². The Morgan fingerprint density at radius 3 is 2.57 bits per heavy atom. The van der Waals surface area contributed by atoms with Crippen molar-refractivity contribution in [3.63, 3.8) is 0 Å². The first-order chi connectivity index (χ1) is 6.46. The van der Waals surface area contributed by atoms with Gasteiger partial charge in [-0.25, -0.2) is 0 Å². The molecule has 0 spiro atoms. The van der Waals surface area contributed by atoms with E-state index < -0.39 is 0 Å². The summed E-state index contributed by atoms with van der Waals surface area (Å²) in [5, 5.41) is 0. The zero-order valence-corrected chi connectivity index (χ0v) is 9.90. The summed E-state index contributed by atoms with van der Waals surface area (Å²) in [6.07, 6.45) is 5.39. The van der Waals surface area contributed by atoms with E-state index in [2.05, 4.69) is 32.3 Å². The molecule has 1 atom stereocenters. The van der Waals surface area contributed by atoms with Gasteiger partial charge in [-0.1, -0.05) is 39.3 Å². The van der Waals surface area contributed by atoms with Crippen LogP contribution >= 0.6 is 0 Å². The molecule has 0 aromatic carbocycles. The van der Waals surface area contributed by atoms with Gasteiger partial charge in [0.25, 0.3) is 0 Å². The number of hydrogen-bond acceptors (Lipinski definition) is 1. The molecule has 0 aliphatic carbocycles. The van der Waals surface area contributed by atoms with E-state index in [-0.39, 0.29) is 0 Å². The summed E-state index contributed by atoms with van der Waals surface area (Å²) in [4.78, 5) is 2.69. The Kier molecular flexibility index (Phi) is 2.26. The van der Waals surface area contributed by atoms with Crippen molar-refractivity contribution in [1.29, 1.82) is 0 Å². The molecule has 0 bridgehead atoms. The van der Waals surface area contributed by atoms with Crippen molar-refractivity contribution in [1.82, 2.24) is 4.90 Å². The smallest absolute Gasteiger partial charge is 0.0298 e. The third kappa shape index (κ3) is 1.33. The number of rotatable bonds is 0. The monoisotopic (exact) mass is 193 g/mol. The second-order valence-electron chi connectivity index (χ2n) is 6.09. The topological polar surface area (TPSA) is 3.24 Å². The maximum absolute atomic E-state index is 4.20. The predicted molar refractivity (Wildman–Crippen MR) is 61.4 cm³/mol. The van der Waals surface area contributed by atoms with Crippen molar-refractivity contribution < 1.29 is 0 Å². The Hall–Kier alpha value is -0.300. The van der Waals surface area contributed by atoms with E-state index in [1.807, 2.05) is 0 Å². The van der Waals surface area contributed by atoms with E-state index in [4.69, 9.17) is 0 Å². The first-order valence-corrected chi connectivity index (χ1v) is 5.87. The van der Waals surface area contributed by atoms with Gasteiger partial charge in [-0.3, -0.25) is 4.90 Å². The zero-order valence-electron chi connectivity index (χ0n) is 9.90. The summed E-state index contributed by atoms with van der Waals surface area (Å²) in [5.74, 6) is 0. The lowest BCUT2D eigenvalue weighted by molar-refractivity contribution is -0.00505. The molecule has 14 heavy (non-hydrogen) atoms. The Morgan fingerprint density at radius 2 is 2.00 bits per heavy atom. The van der Waals surface area contributed by atoms with Crippen LogP contribution in [0.4, 0.5) is 0 Å². The van der Waals surface area contributed by atoms with Crippen molar-refractivity contribution in [3.8, 4) is 0 Å². The summed E-state index contributed by atoms with van der Waals surface area (Å²) in [5.41, 5.74) is 2.27. The average Bonchev–Trinajstić information content (AvgIpc) is 2.40. The first kappa shape index (κ1) is 10.2. The molecule has 2 rings (SSSR count). The molecular formula is C13H23N. The SMILES string of the molecule is C=C1CN2CCCCC2(C(C)(C)C)C1. The zero-order chi connectivity index (χ0) is 10.4. The molecule has 1 heteroatoms. The standard InChI is InChI=1S/C13H23N/c1-11-9-13(12(2,3)4)7-5-6-8-14(13)10-11/h1,5-10H2,2-4H3. The van der Waals surface area contributed by atoms with Crippen molar-refractivity contribution in [3.05, 3.63) is 12.2 Å². The molecule has 1 unspecified atom stereocenters. The Morgan fingerprint density at radius 1 is 1.29 bits per heavy atom. The summed E-state index contributed by atoms with van der Waals surface area (Å²) < 4.78 is 0. The summed E-state index contributed by atoms with van der Waals surface area (Å²) in [7, 11) is 0. The Labute approximate surface area is 88.2 Å². The van der Waals surface area contributed by atoms with Crippen LogP contribution in [0.2, 0.25) is 0 Å². The summed E-state index contributed by atoms with van der Waals surface area (Å²) in [6, 6.07) is 0. The van der Waals surface area contributed by atoms with E-state index in [1.54, 1.807) is 0 Å². The van der Waals surface area contributed by atoms with Gasteiger partial charge in [0, 0.05) is 12.1 Å². The molecule has 0 amide bonds. The maximum Gasteiger partial charge on any atom is 0.0298 e. The molecule has 1 nitrogen and oxygen atoms in total. The maximum atomic E-state index is 4.20. The van der Waals surface area contributed by atoms with Gasteiger partial charge in [-0.15, -0.1) is 0 Å². The van der Waals surface area contributed by atoms with Crippen molar-refractivity contribution >= 4 is 0 Å². The van der Waals surface area contributed by atoms with Gasteiger partial charge < -0.3 is 0 Å². The highest BCUT2D eigenvalue weighted by Crippen LogP contribution is 2.50. The van der Waals surface area contributed by atoms with Gasteiger partial charge in [-0.2, -0.15) is 0 Å². The molecule has 0 N–H and O–H groups in total. The molecule has 2 aliphatic rings. The molecular weight excluding hydrogens is 170 g/mol. The molecule has 0 radical (unpaired) electrons. The van der Waals surface area contributed by atoms with Crippen LogP contribution in [-0.4, -0.2) is 23.5 Å². The average molecular weight is 193 g/mol. The molecule has 2 heterocycles. The first-order valence-electron chi connectivity index (χ1n) is 5.87. The fraction of sp³-hybridized carbons (Fsp3) is 0.846. The van der Waals surface area contributed by atoms with Gasteiger partial charge in [0.05, 0.1) is 0 Å². The fourth-order valence-electron chi connectivity index (χ4n) is 3.38. The van der Waals surface area contributed by atoms with E-state index in [1.165, 1.54) is 37.8 Å². The number of nitrogens with zero attached hydrogens (tertiary/aromatic N) is 1. The second-order valence-corrected chi connectivity index (χ2v) is 6.09. The molecule has 0 saturated carbocycles. The van der Waals surface area contributed by atoms with Crippen molar-refractivity contribution in [2.24, 2.45) is 5.41 Å². The van der Waals surface area contributed by atoms with Crippen LogP contribution in [0, 0.1) is 5.41 Å². The van der Waals surface area contributed by atoms with Crippen LogP contribution in [0.25, 0.3) is 0 Å². The number of hydrogen-bond donors (Lipinski definition) is 0. The van der Waals surface area contributed by atoms with E-state index in [9.17, 15) is 0 Å². The Bertz CT molecular complexity index is 248. The predicted octanol–water partition coefficient (Wildman–Crippen LogP) is 3.22. The molecule has 2 fully saturated rings. The van der Waals surface area contributed by atoms with Crippen LogP contribution in [-0.2, 0) is 0 Å². The summed E-state index contributed by atoms with van der Waals surface area (Å²) in [6.45, 7) is 13.8. The van der Waals surface area contributed by atoms with Gasteiger partial charge >= 0.3 is 0 Å². The van der Waals surface area contributed by atoms with Gasteiger partial charge in [-0.05, 0) is 31.2 Å². The summed E-state index contributed by atoms with van der Waals surface area (Å²) >= 11 is 0.